The minimum absolute atomic E-state index is 0.0401. The van der Waals surface area contributed by atoms with Crippen molar-refractivity contribution >= 4 is 16.6 Å². The molecule has 0 bridgehead atoms. The molecule has 4 rings (SSSR count). The van der Waals surface area contributed by atoms with Crippen LogP contribution in [0.2, 0.25) is 0 Å². The van der Waals surface area contributed by atoms with Gasteiger partial charge >= 0.3 is 6.18 Å². The zero-order valence-corrected chi connectivity index (χ0v) is 18.9. The Morgan fingerprint density at radius 3 is 2.67 bits per heavy atom. The lowest BCUT2D eigenvalue weighted by Crippen LogP contribution is -2.53. The highest BCUT2D eigenvalue weighted by atomic mass is 19.4. The molecule has 1 aromatic carbocycles. The lowest BCUT2D eigenvalue weighted by molar-refractivity contribution is -0.262. The SMILES string of the molecule is Cc1ccc2c(NCC(O)(CC(C)(C)C3=C4OCCC4=CC(F)C3)C(F)(F)F)cccc2n1. The van der Waals surface area contributed by atoms with E-state index in [1.807, 2.05) is 6.92 Å². The second kappa shape index (κ2) is 8.31. The molecule has 2 N–H and O–H groups in total. The minimum atomic E-state index is -4.90. The third-order valence-electron chi connectivity index (χ3n) is 6.49. The fourth-order valence-corrected chi connectivity index (χ4v) is 4.81. The van der Waals surface area contributed by atoms with Crippen molar-refractivity contribution in [1.82, 2.24) is 4.98 Å². The van der Waals surface area contributed by atoms with Crippen LogP contribution in [0.5, 0.6) is 0 Å². The second-order valence-corrected chi connectivity index (χ2v) is 9.59. The van der Waals surface area contributed by atoms with Crippen molar-refractivity contribution in [1.29, 1.82) is 0 Å². The van der Waals surface area contributed by atoms with Gasteiger partial charge in [-0.05, 0) is 60.2 Å². The normalized spacial score (nSPS) is 20.8. The van der Waals surface area contributed by atoms with Gasteiger partial charge in [-0.15, -0.1) is 0 Å². The fraction of sp³-hybridized carbons (Fsp3) is 0.480. The van der Waals surface area contributed by atoms with Crippen LogP contribution in [0.4, 0.5) is 23.2 Å². The van der Waals surface area contributed by atoms with Crippen LogP contribution in [0.25, 0.3) is 10.9 Å². The number of ether oxygens (including phenoxy) is 1. The van der Waals surface area contributed by atoms with E-state index in [4.69, 9.17) is 4.74 Å². The molecule has 0 spiro atoms. The number of rotatable bonds is 6. The number of pyridine rings is 1. The molecule has 1 aromatic heterocycles. The first kappa shape index (κ1) is 23.5. The number of nitrogens with one attached hydrogen (secondary N) is 1. The molecule has 178 valence electrons. The average molecular weight is 465 g/mol. The highest BCUT2D eigenvalue weighted by Gasteiger charge is 2.56. The molecule has 33 heavy (non-hydrogen) atoms. The molecule has 1 aliphatic carbocycles. The molecular weight excluding hydrogens is 436 g/mol. The first-order valence-corrected chi connectivity index (χ1v) is 11.0. The quantitative estimate of drug-likeness (QED) is 0.515. The van der Waals surface area contributed by atoms with E-state index in [0.29, 0.717) is 46.5 Å². The maximum Gasteiger partial charge on any atom is 0.418 e. The number of benzene rings is 1. The van der Waals surface area contributed by atoms with Gasteiger partial charge in [0.15, 0.2) is 5.60 Å². The summed E-state index contributed by atoms with van der Waals surface area (Å²) in [6.07, 6.45) is -4.84. The third-order valence-corrected chi connectivity index (χ3v) is 6.49. The summed E-state index contributed by atoms with van der Waals surface area (Å²) in [5.41, 5.74) is -1.11. The standard InChI is InChI=1S/C25H28F4N2O2/c1-15-7-8-18-20(5-4-6-21(18)31-15)30-14-24(32,25(27,28)29)13-23(2,3)19-12-17(26)11-16-9-10-33-22(16)19/h4-8,11,17,30,32H,9-10,12-14H2,1-3H3. The molecule has 1 saturated heterocycles. The Morgan fingerprint density at radius 1 is 1.18 bits per heavy atom. The van der Waals surface area contributed by atoms with Gasteiger partial charge in [0.2, 0.25) is 0 Å². The zero-order chi connectivity index (χ0) is 24.0. The van der Waals surface area contributed by atoms with Crippen LogP contribution >= 0.6 is 0 Å². The van der Waals surface area contributed by atoms with Crippen LogP contribution in [0, 0.1) is 12.3 Å². The van der Waals surface area contributed by atoms with Gasteiger partial charge in [0.25, 0.3) is 0 Å². The number of hydrogen-bond acceptors (Lipinski definition) is 4. The van der Waals surface area contributed by atoms with E-state index >= 15 is 0 Å². The number of allylic oxidation sites excluding steroid dienone is 3. The van der Waals surface area contributed by atoms with Gasteiger partial charge in [-0.25, -0.2) is 4.39 Å². The van der Waals surface area contributed by atoms with Gasteiger partial charge in [0.1, 0.15) is 11.9 Å². The summed E-state index contributed by atoms with van der Waals surface area (Å²) in [6.45, 7) is 4.68. The van der Waals surface area contributed by atoms with Crippen molar-refractivity contribution in [2.45, 2.75) is 58.0 Å². The third kappa shape index (κ3) is 4.58. The Labute approximate surface area is 190 Å². The molecule has 0 saturated carbocycles. The number of alkyl halides is 4. The summed E-state index contributed by atoms with van der Waals surface area (Å²) in [7, 11) is 0. The summed E-state index contributed by atoms with van der Waals surface area (Å²) >= 11 is 0. The fourth-order valence-electron chi connectivity index (χ4n) is 4.81. The monoisotopic (exact) mass is 464 g/mol. The van der Waals surface area contributed by atoms with Crippen LogP contribution < -0.4 is 5.32 Å². The van der Waals surface area contributed by atoms with Crippen molar-refractivity contribution in [3.05, 3.63) is 59.0 Å². The number of halogens is 4. The van der Waals surface area contributed by atoms with Crippen molar-refractivity contribution < 1.29 is 27.4 Å². The van der Waals surface area contributed by atoms with E-state index in [2.05, 4.69) is 10.3 Å². The summed E-state index contributed by atoms with van der Waals surface area (Å²) in [5, 5.41) is 14.4. The molecule has 2 unspecified atom stereocenters. The number of fused-ring (bicyclic) bond motifs is 2. The van der Waals surface area contributed by atoms with Crippen LogP contribution in [-0.4, -0.2) is 41.2 Å². The van der Waals surface area contributed by atoms with Crippen molar-refractivity contribution in [2.24, 2.45) is 5.41 Å². The molecule has 1 fully saturated rings. The van der Waals surface area contributed by atoms with E-state index < -0.39 is 36.3 Å². The number of hydrogen-bond donors (Lipinski definition) is 2. The first-order valence-electron chi connectivity index (χ1n) is 11.0. The summed E-state index contributed by atoms with van der Waals surface area (Å²) in [4.78, 5) is 4.40. The molecule has 1 aliphatic heterocycles. The van der Waals surface area contributed by atoms with Gasteiger partial charge in [-0.3, -0.25) is 4.98 Å². The number of anilines is 1. The maximum absolute atomic E-state index is 14.3. The summed E-state index contributed by atoms with van der Waals surface area (Å²) < 4.78 is 62.5. The lowest BCUT2D eigenvalue weighted by atomic mass is 9.70. The highest BCUT2D eigenvalue weighted by Crippen LogP contribution is 2.49. The number of nitrogens with zero attached hydrogens (tertiary/aromatic N) is 1. The minimum Gasteiger partial charge on any atom is -0.493 e. The van der Waals surface area contributed by atoms with E-state index in [1.165, 1.54) is 6.08 Å². The Morgan fingerprint density at radius 2 is 1.94 bits per heavy atom. The van der Waals surface area contributed by atoms with Gasteiger partial charge in [0.05, 0.1) is 18.7 Å². The molecule has 2 atom stereocenters. The smallest absolute Gasteiger partial charge is 0.418 e. The maximum atomic E-state index is 14.3. The lowest BCUT2D eigenvalue weighted by Gasteiger charge is -2.40. The number of aryl methyl sites for hydroxylation is 1. The predicted molar refractivity (Wildman–Crippen MR) is 120 cm³/mol. The Balaban J connectivity index is 1.63. The summed E-state index contributed by atoms with van der Waals surface area (Å²) in [6, 6.07) is 8.71. The topological polar surface area (TPSA) is 54.4 Å². The molecule has 2 aromatic rings. The molecule has 8 heteroatoms. The molecule has 4 nitrogen and oxygen atoms in total. The Bertz CT molecular complexity index is 1120. The van der Waals surface area contributed by atoms with Crippen LogP contribution in [0.3, 0.4) is 0 Å². The van der Waals surface area contributed by atoms with Crippen molar-refractivity contribution in [3.63, 3.8) is 0 Å². The predicted octanol–water partition coefficient (Wildman–Crippen LogP) is 6.01. The largest absolute Gasteiger partial charge is 0.493 e. The van der Waals surface area contributed by atoms with Crippen LogP contribution in [-0.2, 0) is 4.74 Å². The average Bonchev–Trinajstić information content (AvgIpc) is 3.18. The molecular formula is C25H28F4N2O2. The summed E-state index contributed by atoms with van der Waals surface area (Å²) in [5.74, 6) is 0.488. The van der Waals surface area contributed by atoms with Crippen molar-refractivity contribution in [2.75, 3.05) is 18.5 Å². The van der Waals surface area contributed by atoms with Gasteiger partial charge < -0.3 is 15.2 Å². The highest BCUT2D eigenvalue weighted by molar-refractivity contribution is 5.91. The zero-order valence-electron chi connectivity index (χ0n) is 18.9. The Hall–Kier alpha value is -2.61. The van der Waals surface area contributed by atoms with Crippen molar-refractivity contribution in [3.8, 4) is 0 Å². The van der Waals surface area contributed by atoms with E-state index in [0.717, 1.165) is 5.69 Å². The van der Waals surface area contributed by atoms with E-state index in [1.54, 1.807) is 44.2 Å². The van der Waals surface area contributed by atoms with Gasteiger partial charge in [-0.2, -0.15) is 13.2 Å². The van der Waals surface area contributed by atoms with Crippen LogP contribution in [0.15, 0.2) is 53.3 Å². The van der Waals surface area contributed by atoms with Gasteiger partial charge in [-0.1, -0.05) is 19.9 Å². The second-order valence-electron chi connectivity index (χ2n) is 9.59. The molecule has 0 amide bonds. The van der Waals surface area contributed by atoms with E-state index in [9.17, 15) is 22.7 Å². The number of aliphatic hydroxyl groups is 1. The van der Waals surface area contributed by atoms with Crippen LogP contribution in [0.1, 0.15) is 38.8 Å². The first-order chi connectivity index (χ1) is 15.4. The Kier molecular flexibility index (Phi) is 5.93. The molecule has 2 heterocycles. The molecule has 2 aliphatic rings. The molecule has 0 radical (unpaired) electrons. The van der Waals surface area contributed by atoms with E-state index in [-0.39, 0.29) is 6.42 Å². The number of aromatic nitrogens is 1. The van der Waals surface area contributed by atoms with Gasteiger partial charge in [0, 0.05) is 29.6 Å².